The number of rotatable bonds is 13. The van der Waals surface area contributed by atoms with Crippen molar-refractivity contribution in [3.8, 4) is 11.1 Å². The second-order valence-electron chi connectivity index (χ2n) is 19.3. The Kier molecular flexibility index (Phi) is 11.2. The van der Waals surface area contributed by atoms with E-state index in [1.165, 1.54) is 32.4 Å². The maximum Gasteiger partial charge on any atom is 0.189 e. The summed E-state index contributed by atoms with van der Waals surface area (Å²) in [5.74, 6) is 1.88. The van der Waals surface area contributed by atoms with Crippen LogP contribution in [0.15, 0.2) is 65.4 Å². The number of likely N-dealkylation sites (tertiary alicyclic amines) is 1. The highest BCUT2D eigenvalue weighted by Gasteiger charge is 2.59. The number of allylic oxidation sites excluding steroid dienone is 2. The number of nitrogens with one attached hydrogen (secondary N) is 2. The second-order valence-corrected chi connectivity index (χ2v) is 20.4. The number of aliphatic hydroxyl groups is 1. The van der Waals surface area contributed by atoms with Gasteiger partial charge in [-0.3, -0.25) is 4.68 Å². The van der Waals surface area contributed by atoms with Crippen molar-refractivity contribution in [1.29, 1.82) is 0 Å². The highest BCUT2D eigenvalue weighted by Crippen LogP contribution is 2.64. The fourth-order valence-corrected chi connectivity index (χ4v) is 12.7. The van der Waals surface area contributed by atoms with Gasteiger partial charge in [-0.2, -0.15) is 5.10 Å². The Morgan fingerprint density at radius 2 is 1.79 bits per heavy atom. The van der Waals surface area contributed by atoms with Gasteiger partial charge in [-0.25, -0.2) is 9.97 Å². The lowest BCUT2D eigenvalue weighted by Gasteiger charge is -2.62. The predicted molar refractivity (Wildman–Crippen MR) is 235 cm³/mol. The van der Waals surface area contributed by atoms with E-state index in [0.29, 0.717) is 23.2 Å². The standard InChI is InChI=1S/C46H65N9O2S/c1-7-44(6)27-45(25-43(4,5)26-46(28-44,29-45)57-22-21-53-18-10-11-19-53)30-55-32(3)35(23-49-55)34-16-17-39(50-37(34)24-56)54-20-12-13-33(41(54)48)31(2)40(47)52-42-51-36-14-8-9-15-38(36)58-42/h8-9,14-17,23,56H,7,10-13,18-22,24-30,47-48H2,1-6H3,(H,51,52)/p+1/b40-31+. The van der Waals surface area contributed by atoms with E-state index in [0.717, 1.165) is 115 Å². The lowest BCUT2D eigenvalue weighted by Crippen LogP contribution is -3.10. The van der Waals surface area contributed by atoms with Gasteiger partial charge in [-0.1, -0.05) is 57.6 Å². The molecule has 3 atom stereocenters. The Bertz CT molecular complexity index is 2170. The summed E-state index contributed by atoms with van der Waals surface area (Å²) in [7, 11) is 0. The molecule has 0 spiro atoms. The van der Waals surface area contributed by atoms with Crippen LogP contribution >= 0.6 is 11.3 Å². The van der Waals surface area contributed by atoms with Gasteiger partial charge in [0.25, 0.3) is 0 Å². The number of pyridine rings is 1. The van der Waals surface area contributed by atoms with E-state index in [-0.39, 0.29) is 28.5 Å². The Morgan fingerprint density at radius 1 is 1.00 bits per heavy atom. The topological polar surface area (TPSA) is 145 Å². The molecule has 1 aromatic carbocycles. The van der Waals surface area contributed by atoms with Gasteiger partial charge in [0.1, 0.15) is 24.0 Å². The van der Waals surface area contributed by atoms with Gasteiger partial charge in [0.2, 0.25) is 0 Å². The first-order chi connectivity index (χ1) is 27.7. The first kappa shape index (κ1) is 40.8. The number of nitrogens with two attached hydrogens (primary N) is 2. The summed E-state index contributed by atoms with van der Waals surface area (Å²) in [6.07, 6.45) is 13.2. The van der Waals surface area contributed by atoms with Crippen molar-refractivity contribution in [2.75, 3.05) is 43.0 Å². The molecule has 58 heavy (non-hydrogen) atoms. The molecule has 11 nitrogen and oxygen atoms in total. The van der Waals surface area contributed by atoms with Crippen LogP contribution in [0.2, 0.25) is 0 Å². The van der Waals surface area contributed by atoms with Crippen LogP contribution in [0.1, 0.15) is 110 Å². The van der Waals surface area contributed by atoms with Crippen LogP contribution in [0.5, 0.6) is 0 Å². The Balaban J connectivity index is 1.03. The van der Waals surface area contributed by atoms with Crippen molar-refractivity contribution in [2.45, 2.75) is 125 Å². The van der Waals surface area contributed by atoms with E-state index in [9.17, 15) is 5.11 Å². The predicted octanol–water partition coefficient (Wildman–Crippen LogP) is 7.27. The minimum absolute atomic E-state index is 0.0803. The SMILES string of the molecule is CCC1(C)CC2(Cn3ncc(-c4ccc(N5CCCC(/C(C)=C(\N)Nc6nc7ccccc7s6)=C5N)nc4CO)c3C)CC(C)(C)CC(OCC[NH+]3CCCC3)(C1)C2. The molecule has 5 heterocycles. The van der Waals surface area contributed by atoms with Gasteiger partial charge in [0.05, 0.1) is 54.0 Å². The van der Waals surface area contributed by atoms with E-state index in [1.807, 2.05) is 42.3 Å². The molecular formula is C46H66N9O2S+. The molecule has 3 fully saturated rings. The number of para-hydroxylation sites is 1. The van der Waals surface area contributed by atoms with Crippen LogP contribution in [-0.2, 0) is 17.9 Å². The zero-order chi connectivity index (χ0) is 40.9. The minimum atomic E-state index is -0.192. The first-order valence-electron chi connectivity index (χ1n) is 21.7. The molecule has 2 bridgehead atoms. The summed E-state index contributed by atoms with van der Waals surface area (Å²) in [5, 5.41) is 19.9. The van der Waals surface area contributed by atoms with Gasteiger partial charge in [0.15, 0.2) is 5.13 Å². The van der Waals surface area contributed by atoms with Crippen molar-refractivity contribution < 1.29 is 14.7 Å². The molecule has 3 unspecified atom stereocenters. The molecule has 12 heteroatoms. The van der Waals surface area contributed by atoms with Crippen molar-refractivity contribution >= 4 is 32.5 Å². The van der Waals surface area contributed by atoms with Crippen LogP contribution in [-0.4, -0.2) is 63.2 Å². The van der Waals surface area contributed by atoms with Crippen LogP contribution < -0.4 is 26.6 Å². The highest BCUT2D eigenvalue weighted by molar-refractivity contribution is 7.22. The highest BCUT2D eigenvalue weighted by atomic mass is 32.1. The molecule has 312 valence electrons. The summed E-state index contributed by atoms with van der Waals surface area (Å²) in [5.41, 5.74) is 20.4. The van der Waals surface area contributed by atoms with Gasteiger partial charge < -0.3 is 36.4 Å². The second kappa shape index (κ2) is 15.9. The number of hydrogen-bond acceptors (Lipinski definition) is 10. The summed E-state index contributed by atoms with van der Waals surface area (Å²) in [6.45, 7) is 19.9. The molecule has 4 aliphatic rings. The number of nitrogens with zero attached hydrogens (tertiary/aromatic N) is 5. The molecule has 3 aromatic heterocycles. The largest absolute Gasteiger partial charge is 0.390 e. The van der Waals surface area contributed by atoms with Crippen molar-refractivity contribution in [2.24, 2.45) is 27.7 Å². The van der Waals surface area contributed by atoms with Gasteiger partial charge in [-0.15, -0.1) is 0 Å². The molecular weight excluding hydrogens is 743 g/mol. The average Bonchev–Trinajstić information content (AvgIpc) is 3.94. The number of thiazole rings is 1. The summed E-state index contributed by atoms with van der Waals surface area (Å²) in [6, 6.07) is 12.2. The molecule has 2 aliphatic carbocycles. The molecule has 2 saturated carbocycles. The third-order valence-corrected chi connectivity index (χ3v) is 14.9. The van der Waals surface area contributed by atoms with Gasteiger partial charge >= 0.3 is 0 Å². The Hall–Kier alpha value is -3.97. The fourth-order valence-electron chi connectivity index (χ4n) is 11.8. The third kappa shape index (κ3) is 8.14. The van der Waals surface area contributed by atoms with E-state index >= 15 is 0 Å². The van der Waals surface area contributed by atoms with Crippen LogP contribution in [0.25, 0.3) is 21.3 Å². The normalized spacial score (nSPS) is 26.7. The molecule has 8 rings (SSSR count). The Labute approximate surface area is 348 Å². The number of quaternary nitrogens is 1. The molecule has 1 saturated heterocycles. The lowest BCUT2D eigenvalue weighted by molar-refractivity contribution is -0.888. The average molecular weight is 809 g/mol. The quantitative estimate of drug-likeness (QED) is 0.0943. The maximum atomic E-state index is 10.8. The van der Waals surface area contributed by atoms with E-state index in [1.54, 1.807) is 16.2 Å². The van der Waals surface area contributed by atoms with E-state index in [4.69, 9.17) is 31.3 Å². The minimum Gasteiger partial charge on any atom is -0.390 e. The number of aromatic nitrogens is 4. The summed E-state index contributed by atoms with van der Waals surface area (Å²) >= 11 is 1.57. The zero-order valence-electron chi connectivity index (χ0n) is 35.7. The monoisotopic (exact) mass is 809 g/mol. The molecule has 0 radical (unpaired) electrons. The fraction of sp³-hybridized carbons (Fsp3) is 0.587. The molecule has 0 amide bonds. The van der Waals surface area contributed by atoms with E-state index < -0.39 is 0 Å². The lowest BCUT2D eigenvalue weighted by atomic mass is 9.47. The number of anilines is 2. The van der Waals surface area contributed by atoms with Gasteiger partial charge in [-0.05, 0) is 110 Å². The number of aliphatic hydroxyl groups excluding tert-OH is 1. The third-order valence-electron chi connectivity index (χ3n) is 14.0. The summed E-state index contributed by atoms with van der Waals surface area (Å²) in [4.78, 5) is 13.5. The van der Waals surface area contributed by atoms with Crippen molar-refractivity contribution in [3.05, 3.63) is 76.8 Å². The van der Waals surface area contributed by atoms with Crippen LogP contribution in [0.3, 0.4) is 0 Å². The maximum absolute atomic E-state index is 10.8. The van der Waals surface area contributed by atoms with Crippen molar-refractivity contribution in [1.82, 2.24) is 19.7 Å². The number of ether oxygens (including phenoxy) is 1. The zero-order valence-corrected chi connectivity index (χ0v) is 36.5. The molecule has 7 N–H and O–H groups in total. The smallest absolute Gasteiger partial charge is 0.189 e. The molecule has 4 aromatic rings. The first-order valence-corrected chi connectivity index (χ1v) is 22.5. The van der Waals surface area contributed by atoms with Crippen molar-refractivity contribution in [3.63, 3.8) is 0 Å². The van der Waals surface area contributed by atoms with Crippen LogP contribution in [0, 0.1) is 23.2 Å². The number of benzene rings is 1. The number of fused-ring (bicyclic) bond motifs is 3. The van der Waals surface area contributed by atoms with Gasteiger partial charge in [0, 0.05) is 42.8 Å². The molecule has 2 aliphatic heterocycles. The summed E-state index contributed by atoms with van der Waals surface area (Å²) < 4.78 is 10.5. The Morgan fingerprint density at radius 3 is 2.55 bits per heavy atom. The van der Waals surface area contributed by atoms with E-state index in [2.05, 4.69) is 56.8 Å². The number of hydrogen-bond donors (Lipinski definition) is 5. The van der Waals surface area contributed by atoms with Crippen LogP contribution in [0.4, 0.5) is 10.9 Å².